The second kappa shape index (κ2) is 5.36. The van der Waals surface area contributed by atoms with Gasteiger partial charge in [0.1, 0.15) is 6.54 Å². The van der Waals surface area contributed by atoms with Crippen LogP contribution in [-0.2, 0) is 14.4 Å². The number of rotatable bonds is 3. The summed E-state index contributed by atoms with van der Waals surface area (Å²) < 4.78 is 0. The largest absolute Gasteiger partial charge is 0.479 e. The van der Waals surface area contributed by atoms with Crippen molar-refractivity contribution in [2.75, 3.05) is 23.4 Å². The Bertz CT molecular complexity index is 531. The highest BCUT2D eigenvalue weighted by Crippen LogP contribution is 2.28. The summed E-state index contributed by atoms with van der Waals surface area (Å²) in [7, 11) is 0. The van der Waals surface area contributed by atoms with Crippen molar-refractivity contribution >= 4 is 29.3 Å². The molecule has 3 N–H and O–H groups in total. The second-order valence-corrected chi connectivity index (χ2v) is 3.74. The van der Waals surface area contributed by atoms with Crippen LogP contribution in [0.5, 0.6) is 0 Å². The minimum Gasteiger partial charge on any atom is -0.479 e. The molecule has 0 bridgehead atoms. The van der Waals surface area contributed by atoms with Crippen molar-refractivity contribution in [1.82, 2.24) is 5.48 Å². The predicted molar refractivity (Wildman–Crippen MR) is 64.5 cm³/mol. The molecule has 0 unspecified atom stereocenters. The number of hydrogen-bond acceptors (Lipinski definition) is 4. The minimum absolute atomic E-state index is 0.167. The number of urea groups is 1. The Kier molecular flexibility index (Phi) is 3.62. The van der Waals surface area contributed by atoms with E-state index >= 15 is 0 Å². The highest BCUT2D eigenvalue weighted by molar-refractivity contribution is 6.09. The average molecular weight is 265 g/mol. The van der Waals surface area contributed by atoms with Crippen LogP contribution in [0.3, 0.4) is 0 Å². The lowest BCUT2D eigenvalue weighted by Crippen LogP contribution is -2.47. The number of anilines is 2. The molecule has 1 heterocycles. The van der Waals surface area contributed by atoms with Crippen molar-refractivity contribution in [3.05, 3.63) is 24.3 Å². The van der Waals surface area contributed by atoms with Gasteiger partial charge < -0.3 is 10.4 Å². The number of nitrogens with zero attached hydrogens (tertiary/aromatic N) is 1. The molecule has 0 aromatic heterocycles. The summed E-state index contributed by atoms with van der Waals surface area (Å²) in [5.74, 6) is -1.55. The molecule has 0 radical (unpaired) electrons. The zero-order valence-corrected chi connectivity index (χ0v) is 9.75. The molecule has 1 aliphatic rings. The Morgan fingerprint density at radius 3 is 2.89 bits per heavy atom. The second-order valence-electron chi connectivity index (χ2n) is 3.74. The summed E-state index contributed by atoms with van der Waals surface area (Å²) >= 11 is 0. The molecule has 3 amide bonds. The van der Waals surface area contributed by atoms with Gasteiger partial charge in [-0.25, -0.2) is 15.1 Å². The molecule has 0 saturated carbocycles. The van der Waals surface area contributed by atoms with E-state index in [1.165, 1.54) is 0 Å². The normalized spacial score (nSPS) is 13.5. The van der Waals surface area contributed by atoms with Crippen LogP contribution in [0.4, 0.5) is 16.2 Å². The summed E-state index contributed by atoms with van der Waals surface area (Å²) in [6.07, 6.45) is 0. The number of fused-ring (bicyclic) bond motifs is 1. The molecule has 100 valence electrons. The highest BCUT2D eigenvalue weighted by Gasteiger charge is 2.26. The van der Waals surface area contributed by atoms with Crippen LogP contribution >= 0.6 is 0 Å². The van der Waals surface area contributed by atoms with Crippen molar-refractivity contribution in [2.45, 2.75) is 0 Å². The van der Waals surface area contributed by atoms with Crippen molar-refractivity contribution in [3.8, 4) is 0 Å². The van der Waals surface area contributed by atoms with E-state index in [1.807, 2.05) is 5.48 Å². The molecular formula is C11H11N3O5. The lowest BCUT2D eigenvalue weighted by atomic mass is 10.2. The van der Waals surface area contributed by atoms with Crippen LogP contribution in [0.15, 0.2) is 24.3 Å². The van der Waals surface area contributed by atoms with E-state index in [-0.39, 0.29) is 12.5 Å². The number of aliphatic carboxylic acids is 1. The molecule has 8 nitrogen and oxygen atoms in total. The molecule has 1 aliphatic heterocycles. The number of hydroxylamine groups is 1. The molecule has 1 aromatic carbocycles. The third-order valence-electron chi connectivity index (χ3n) is 2.37. The first kappa shape index (κ1) is 12.8. The summed E-state index contributed by atoms with van der Waals surface area (Å²) in [4.78, 5) is 39.2. The molecule has 0 spiro atoms. The standard InChI is InChI=1S/C11H11N3O5/c15-9-5-14(11(18)13-19-6-10(16)17)8-4-2-1-3-7(8)12-9/h1-4H,5-6H2,(H,12,15)(H,13,18)(H,16,17). The topological polar surface area (TPSA) is 108 Å². The van der Waals surface area contributed by atoms with Gasteiger partial charge in [0.05, 0.1) is 11.4 Å². The van der Waals surface area contributed by atoms with E-state index in [1.54, 1.807) is 24.3 Å². The maximum atomic E-state index is 11.8. The van der Waals surface area contributed by atoms with Crippen LogP contribution in [0.25, 0.3) is 0 Å². The zero-order chi connectivity index (χ0) is 13.8. The Hall–Kier alpha value is -2.61. The Morgan fingerprint density at radius 2 is 2.16 bits per heavy atom. The average Bonchev–Trinajstić information content (AvgIpc) is 2.37. The monoisotopic (exact) mass is 265 g/mol. The SMILES string of the molecule is O=C(O)CONC(=O)N1CC(=O)Nc2ccccc21. The summed E-state index contributed by atoms with van der Waals surface area (Å²) in [6.45, 7) is -0.827. The van der Waals surface area contributed by atoms with Gasteiger partial charge in [-0.3, -0.25) is 14.5 Å². The van der Waals surface area contributed by atoms with Crippen molar-refractivity contribution in [2.24, 2.45) is 0 Å². The van der Waals surface area contributed by atoms with Gasteiger partial charge in [-0.05, 0) is 12.1 Å². The lowest BCUT2D eigenvalue weighted by molar-refractivity contribution is -0.144. The van der Waals surface area contributed by atoms with Gasteiger partial charge in [0.15, 0.2) is 6.61 Å². The number of amides is 3. The number of hydrogen-bond donors (Lipinski definition) is 3. The molecule has 8 heteroatoms. The van der Waals surface area contributed by atoms with Crippen LogP contribution in [0.1, 0.15) is 0 Å². The summed E-state index contributed by atoms with van der Waals surface area (Å²) in [6, 6.07) is 6.05. The number of carboxylic acid groups (broad SMARTS) is 1. The highest BCUT2D eigenvalue weighted by atomic mass is 16.7. The maximum absolute atomic E-state index is 11.8. The number of carboxylic acids is 1. The molecule has 0 saturated heterocycles. The fourth-order valence-electron chi connectivity index (χ4n) is 1.63. The predicted octanol–water partition coefficient (Wildman–Crippen LogP) is 0.171. The van der Waals surface area contributed by atoms with E-state index in [4.69, 9.17) is 5.11 Å². The lowest BCUT2D eigenvalue weighted by Gasteiger charge is -2.28. The van der Waals surface area contributed by atoms with E-state index in [9.17, 15) is 14.4 Å². The Morgan fingerprint density at radius 1 is 1.42 bits per heavy atom. The fraction of sp³-hybridized carbons (Fsp3) is 0.182. The van der Waals surface area contributed by atoms with Crippen LogP contribution < -0.4 is 15.7 Å². The molecule has 19 heavy (non-hydrogen) atoms. The first-order valence-electron chi connectivity index (χ1n) is 5.38. The zero-order valence-electron chi connectivity index (χ0n) is 9.75. The molecular weight excluding hydrogens is 254 g/mol. The van der Waals surface area contributed by atoms with E-state index in [2.05, 4.69) is 10.2 Å². The number of carbonyl (C=O) groups is 3. The Labute approximate surface area is 107 Å². The summed E-state index contributed by atoms with van der Waals surface area (Å²) in [5, 5.41) is 11.0. The van der Waals surface area contributed by atoms with Gasteiger partial charge in [0, 0.05) is 0 Å². The molecule has 1 aromatic rings. The fourth-order valence-corrected chi connectivity index (χ4v) is 1.63. The van der Waals surface area contributed by atoms with E-state index < -0.39 is 18.6 Å². The van der Waals surface area contributed by atoms with Gasteiger partial charge in [0.25, 0.3) is 0 Å². The van der Waals surface area contributed by atoms with Gasteiger partial charge >= 0.3 is 12.0 Å². The van der Waals surface area contributed by atoms with Gasteiger partial charge in [-0.15, -0.1) is 0 Å². The summed E-state index contributed by atoms with van der Waals surface area (Å²) in [5.41, 5.74) is 2.99. The molecule has 2 rings (SSSR count). The molecule has 0 atom stereocenters. The van der Waals surface area contributed by atoms with Crippen molar-refractivity contribution in [3.63, 3.8) is 0 Å². The number of carbonyl (C=O) groups excluding carboxylic acids is 2. The molecule has 0 aliphatic carbocycles. The number of nitrogens with one attached hydrogen (secondary N) is 2. The first-order valence-corrected chi connectivity index (χ1v) is 5.38. The molecule has 0 fully saturated rings. The van der Waals surface area contributed by atoms with E-state index in [0.717, 1.165) is 4.90 Å². The first-order chi connectivity index (χ1) is 9.08. The third-order valence-corrected chi connectivity index (χ3v) is 2.37. The minimum atomic E-state index is -1.21. The van der Waals surface area contributed by atoms with Gasteiger partial charge in [0.2, 0.25) is 5.91 Å². The van der Waals surface area contributed by atoms with Crippen LogP contribution in [0, 0.1) is 0 Å². The third kappa shape index (κ3) is 2.99. The van der Waals surface area contributed by atoms with Crippen LogP contribution in [-0.4, -0.2) is 36.2 Å². The number of para-hydroxylation sites is 2. The van der Waals surface area contributed by atoms with Crippen molar-refractivity contribution < 1.29 is 24.3 Å². The van der Waals surface area contributed by atoms with E-state index in [0.29, 0.717) is 11.4 Å². The smallest absolute Gasteiger partial charge is 0.346 e. The van der Waals surface area contributed by atoms with Crippen LogP contribution in [0.2, 0.25) is 0 Å². The van der Waals surface area contributed by atoms with Crippen molar-refractivity contribution in [1.29, 1.82) is 0 Å². The number of benzene rings is 1. The van der Waals surface area contributed by atoms with Gasteiger partial charge in [-0.1, -0.05) is 12.1 Å². The maximum Gasteiger partial charge on any atom is 0.346 e. The Balaban J connectivity index is 2.09. The quantitative estimate of drug-likeness (QED) is 0.675. The van der Waals surface area contributed by atoms with Gasteiger partial charge in [-0.2, -0.15) is 0 Å².